The minimum absolute atomic E-state index is 0.496. The summed E-state index contributed by atoms with van der Waals surface area (Å²) in [7, 11) is -1.83. The zero-order chi connectivity index (χ0) is 23.2. The number of aromatic nitrogens is 4. The van der Waals surface area contributed by atoms with E-state index >= 15 is 0 Å². The first kappa shape index (κ1) is 23.0. The van der Waals surface area contributed by atoms with Crippen LogP contribution in [0.25, 0.3) is 22.3 Å². The fourth-order valence-corrected chi connectivity index (χ4v) is 11.6. The van der Waals surface area contributed by atoms with Crippen molar-refractivity contribution < 1.29 is 4.74 Å². The molecule has 6 nitrogen and oxygen atoms in total. The van der Waals surface area contributed by atoms with Gasteiger partial charge in [0.25, 0.3) is 0 Å². The maximum atomic E-state index is 6.18. The second kappa shape index (κ2) is 8.67. The van der Waals surface area contributed by atoms with Crippen molar-refractivity contribution in [1.29, 1.82) is 0 Å². The Kier molecular flexibility index (Phi) is 6.24. The van der Waals surface area contributed by atoms with E-state index in [1.54, 1.807) is 0 Å². The Bertz CT molecular complexity index is 1220. The van der Waals surface area contributed by atoms with Crippen molar-refractivity contribution in [3.63, 3.8) is 0 Å². The number of hydrogen-bond donors (Lipinski definition) is 1. The summed E-state index contributed by atoms with van der Waals surface area (Å²) in [5.41, 5.74) is 15.2. The average molecular weight is 560 g/mol. The lowest BCUT2D eigenvalue weighted by Gasteiger charge is -2.38. The smallest absolute Gasteiger partial charge is 0.147 e. The Labute approximate surface area is 204 Å². The van der Waals surface area contributed by atoms with Gasteiger partial charge in [0.2, 0.25) is 0 Å². The van der Waals surface area contributed by atoms with E-state index < -0.39 is 8.07 Å². The molecular formula is C24H30IN5OSi. The van der Waals surface area contributed by atoms with Gasteiger partial charge in [0.15, 0.2) is 0 Å². The molecule has 0 saturated heterocycles. The molecule has 3 aromatic rings. The van der Waals surface area contributed by atoms with Gasteiger partial charge in [-0.15, -0.1) is 5.54 Å². The van der Waals surface area contributed by atoms with E-state index in [9.17, 15) is 0 Å². The lowest BCUT2D eigenvalue weighted by molar-refractivity contribution is 0.308. The number of fused-ring (bicyclic) bond motifs is 5. The molecule has 0 unspecified atom stereocenters. The highest BCUT2D eigenvalue weighted by Crippen LogP contribution is 2.42. The van der Waals surface area contributed by atoms with Crippen LogP contribution >= 0.6 is 22.6 Å². The van der Waals surface area contributed by atoms with Crippen LogP contribution in [0.1, 0.15) is 47.2 Å². The Balaban J connectivity index is 1.84. The minimum Gasteiger partial charge on any atom is -0.491 e. The van der Waals surface area contributed by atoms with Gasteiger partial charge in [-0.05, 0) is 39.2 Å². The predicted octanol–water partition coefficient (Wildman–Crippen LogP) is 5.64. The molecule has 0 aromatic carbocycles. The molecule has 3 aromatic heterocycles. The third kappa shape index (κ3) is 3.59. The molecule has 0 saturated carbocycles. The lowest BCUT2D eigenvalue weighted by Crippen LogP contribution is -2.43. The van der Waals surface area contributed by atoms with E-state index in [-0.39, 0.29) is 0 Å². The first-order valence-electron chi connectivity index (χ1n) is 11.1. The highest BCUT2D eigenvalue weighted by atomic mass is 127. The van der Waals surface area contributed by atoms with Gasteiger partial charge in [0.05, 0.1) is 26.8 Å². The summed E-state index contributed by atoms with van der Waals surface area (Å²) in [4.78, 5) is 13.4. The van der Waals surface area contributed by atoms with Crippen molar-refractivity contribution in [2.24, 2.45) is 0 Å². The van der Waals surface area contributed by atoms with Gasteiger partial charge in [-0.3, -0.25) is 0 Å². The molecule has 2 N–H and O–H groups in total. The van der Waals surface area contributed by atoms with Gasteiger partial charge in [0.1, 0.15) is 43.9 Å². The summed E-state index contributed by atoms with van der Waals surface area (Å²) in [5.74, 6) is 4.75. The summed E-state index contributed by atoms with van der Waals surface area (Å²) in [6, 6.07) is 1.99. The van der Waals surface area contributed by atoms with Crippen molar-refractivity contribution in [3.05, 3.63) is 27.9 Å². The molecule has 0 fully saturated rings. The lowest BCUT2D eigenvalue weighted by atomic mass is 10.1. The zero-order valence-corrected chi connectivity index (χ0v) is 22.7. The molecule has 0 atom stereocenters. The number of anilines is 1. The Morgan fingerprint density at radius 3 is 2.44 bits per heavy atom. The van der Waals surface area contributed by atoms with E-state index in [2.05, 4.69) is 90.1 Å². The Morgan fingerprint density at radius 2 is 1.78 bits per heavy atom. The van der Waals surface area contributed by atoms with E-state index in [0.717, 1.165) is 37.3 Å². The van der Waals surface area contributed by atoms with Gasteiger partial charge in [0, 0.05) is 12.3 Å². The van der Waals surface area contributed by atoms with Crippen LogP contribution in [0.5, 0.6) is 5.75 Å². The molecular weight excluding hydrogens is 529 g/mol. The van der Waals surface area contributed by atoms with Crippen molar-refractivity contribution in [2.45, 2.75) is 64.7 Å². The van der Waals surface area contributed by atoms with Crippen LogP contribution in [0.2, 0.25) is 16.6 Å². The Hall–Kier alpha value is -2.12. The summed E-state index contributed by atoms with van der Waals surface area (Å²) < 4.78 is 9.32. The normalized spacial score (nSPS) is 13.6. The number of rotatable bonds is 3. The number of halogens is 1. The van der Waals surface area contributed by atoms with Gasteiger partial charge in [-0.1, -0.05) is 47.5 Å². The van der Waals surface area contributed by atoms with Crippen LogP contribution in [0.15, 0.2) is 18.6 Å². The van der Waals surface area contributed by atoms with E-state index in [0.29, 0.717) is 35.6 Å². The maximum Gasteiger partial charge on any atom is 0.147 e. The fraction of sp³-hybridized carbons (Fsp3) is 0.458. The van der Waals surface area contributed by atoms with Crippen molar-refractivity contribution in [3.8, 4) is 28.5 Å². The van der Waals surface area contributed by atoms with Gasteiger partial charge in [-0.2, -0.15) is 0 Å². The number of pyridine rings is 1. The Morgan fingerprint density at radius 1 is 1.09 bits per heavy atom. The fourth-order valence-electron chi connectivity index (χ4n) is 5.28. The molecule has 0 amide bonds. The highest BCUT2D eigenvalue weighted by molar-refractivity contribution is 14.1. The summed E-state index contributed by atoms with van der Waals surface area (Å²) in [6.07, 6.45) is 3.39. The number of nitrogens with two attached hydrogens (primary N) is 1. The van der Waals surface area contributed by atoms with Crippen LogP contribution in [0.3, 0.4) is 0 Å². The first-order chi connectivity index (χ1) is 15.2. The topological polar surface area (TPSA) is 78.9 Å². The SMILES string of the molecule is CC(C)[Si](C#Cc1cc2c(cn1)-c1c(I)c3c(N)ncnc3n1CCO2)(C(C)C)C(C)C. The number of nitrogen functional groups attached to an aromatic ring is 1. The summed E-state index contributed by atoms with van der Waals surface area (Å²) in [5, 5.41) is 0.890. The van der Waals surface area contributed by atoms with E-state index in [1.807, 2.05) is 12.3 Å². The molecule has 0 bridgehead atoms. The van der Waals surface area contributed by atoms with Gasteiger partial charge >= 0.3 is 0 Å². The van der Waals surface area contributed by atoms with Gasteiger partial charge < -0.3 is 15.0 Å². The van der Waals surface area contributed by atoms with Crippen molar-refractivity contribution in [2.75, 3.05) is 12.3 Å². The van der Waals surface area contributed by atoms with E-state index in [4.69, 9.17) is 15.5 Å². The molecule has 1 aliphatic heterocycles. The third-order valence-corrected chi connectivity index (χ3v) is 14.1. The highest BCUT2D eigenvalue weighted by Gasteiger charge is 2.41. The third-order valence-electron chi connectivity index (χ3n) is 6.78. The zero-order valence-electron chi connectivity index (χ0n) is 19.5. The molecule has 168 valence electrons. The second-order valence-electron chi connectivity index (χ2n) is 9.33. The largest absolute Gasteiger partial charge is 0.491 e. The number of ether oxygens (including phenoxy) is 1. The van der Waals surface area contributed by atoms with Crippen LogP contribution in [-0.4, -0.2) is 34.2 Å². The number of nitrogens with zero attached hydrogens (tertiary/aromatic N) is 4. The van der Waals surface area contributed by atoms with Crippen LogP contribution in [-0.2, 0) is 6.54 Å². The van der Waals surface area contributed by atoms with E-state index in [1.165, 1.54) is 6.33 Å². The van der Waals surface area contributed by atoms with Crippen molar-refractivity contribution in [1.82, 2.24) is 19.5 Å². The van der Waals surface area contributed by atoms with Gasteiger partial charge in [-0.25, -0.2) is 15.0 Å². The molecule has 0 radical (unpaired) electrons. The monoisotopic (exact) mass is 559 g/mol. The molecule has 1 aliphatic rings. The average Bonchev–Trinajstić information content (AvgIpc) is 2.89. The maximum absolute atomic E-state index is 6.18. The molecule has 32 heavy (non-hydrogen) atoms. The number of hydrogen-bond acceptors (Lipinski definition) is 5. The minimum atomic E-state index is -1.83. The molecule has 0 aliphatic carbocycles. The molecule has 8 heteroatoms. The standard InChI is InChI=1S/C24H30IN5OSi/c1-14(2)32(15(3)4,16(5)6)10-7-17-11-19-18(12-27-17)22-21(25)20-23(26)28-13-29-24(20)30(22)8-9-31-19/h11-16H,8-9H2,1-6H3,(H2,26,28,29). The van der Waals surface area contributed by atoms with Crippen LogP contribution in [0.4, 0.5) is 5.82 Å². The first-order valence-corrected chi connectivity index (χ1v) is 14.4. The predicted molar refractivity (Wildman–Crippen MR) is 141 cm³/mol. The molecule has 4 heterocycles. The summed E-state index contributed by atoms with van der Waals surface area (Å²) in [6.45, 7) is 15.2. The molecule has 0 spiro atoms. The van der Waals surface area contributed by atoms with Crippen LogP contribution in [0, 0.1) is 15.0 Å². The quantitative estimate of drug-likeness (QED) is 0.255. The van der Waals surface area contributed by atoms with Crippen molar-refractivity contribution >= 4 is 47.5 Å². The summed E-state index contributed by atoms with van der Waals surface area (Å²) >= 11 is 2.33. The second-order valence-corrected chi connectivity index (χ2v) is 16.0. The molecule has 4 rings (SSSR count). The van der Waals surface area contributed by atoms with Crippen LogP contribution < -0.4 is 10.5 Å².